The van der Waals surface area contributed by atoms with Gasteiger partial charge in [-0.25, -0.2) is 4.39 Å². The molecular formula is C20H19FN2OS. The summed E-state index contributed by atoms with van der Waals surface area (Å²) < 4.78 is 13.6. The van der Waals surface area contributed by atoms with Crippen molar-refractivity contribution in [2.24, 2.45) is 0 Å². The number of rotatable bonds is 7. The number of thiophene rings is 1. The molecule has 1 heterocycles. The molecule has 5 heteroatoms. The third-order valence-electron chi connectivity index (χ3n) is 3.86. The van der Waals surface area contributed by atoms with Crippen LogP contribution in [0.5, 0.6) is 0 Å². The molecule has 0 aliphatic carbocycles. The molecule has 3 nitrogen and oxygen atoms in total. The van der Waals surface area contributed by atoms with Crippen molar-refractivity contribution >= 4 is 17.2 Å². The summed E-state index contributed by atoms with van der Waals surface area (Å²) in [4.78, 5) is 13.3. The molecule has 0 aliphatic heterocycles. The van der Waals surface area contributed by atoms with Gasteiger partial charge in [0, 0.05) is 17.0 Å². The summed E-state index contributed by atoms with van der Waals surface area (Å²) in [7, 11) is 0. The van der Waals surface area contributed by atoms with Gasteiger partial charge in [-0.2, -0.15) is 0 Å². The van der Waals surface area contributed by atoms with Crippen LogP contribution in [0.2, 0.25) is 0 Å². The Hall–Kier alpha value is -2.50. The van der Waals surface area contributed by atoms with E-state index in [1.54, 1.807) is 29.5 Å². The predicted molar refractivity (Wildman–Crippen MR) is 98.9 cm³/mol. The summed E-state index contributed by atoms with van der Waals surface area (Å²) in [5, 5.41) is 8.07. The third-order valence-corrected chi connectivity index (χ3v) is 4.80. The van der Waals surface area contributed by atoms with Crippen molar-refractivity contribution < 1.29 is 9.18 Å². The van der Waals surface area contributed by atoms with Crippen molar-refractivity contribution in [2.45, 2.75) is 12.6 Å². The van der Waals surface area contributed by atoms with Gasteiger partial charge < -0.3 is 5.32 Å². The summed E-state index contributed by atoms with van der Waals surface area (Å²) in [6, 6.07) is 20.5. The van der Waals surface area contributed by atoms with Gasteiger partial charge in [0.25, 0.3) is 0 Å². The third kappa shape index (κ3) is 4.75. The number of benzene rings is 2. The summed E-state index contributed by atoms with van der Waals surface area (Å²) in [5.74, 6) is -0.475. The van der Waals surface area contributed by atoms with Crippen molar-refractivity contribution in [3.05, 3.63) is 93.9 Å². The SMILES string of the molecule is O=C(CN[C@H](c1ccccc1)c1cccs1)NCc1ccccc1F. The summed E-state index contributed by atoms with van der Waals surface area (Å²) >= 11 is 1.65. The number of hydrogen-bond donors (Lipinski definition) is 2. The number of hydrogen-bond acceptors (Lipinski definition) is 3. The first-order chi connectivity index (χ1) is 12.2. The fraction of sp³-hybridized carbons (Fsp3) is 0.150. The van der Waals surface area contributed by atoms with Gasteiger partial charge in [-0.05, 0) is 23.1 Å². The fourth-order valence-corrected chi connectivity index (χ4v) is 3.40. The molecule has 25 heavy (non-hydrogen) atoms. The van der Waals surface area contributed by atoms with E-state index in [0.717, 1.165) is 10.4 Å². The molecule has 0 radical (unpaired) electrons. The molecule has 3 rings (SSSR count). The standard InChI is InChI=1S/C20H19FN2OS/c21-17-10-5-4-9-16(17)13-22-19(24)14-23-20(18-11-6-12-25-18)15-7-2-1-3-8-15/h1-12,20,23H,13-14H2,(H,22,24)/t20-/m1/s1. The van der Waals surface area contributed by atoms with Gasteiger partial charge in [0.2, 0.25) is 5.91 Å². The van der Waals surface area contributed by atoms with Crippen LogP contribution in [0.3, 0.4) is 0 Å². The van der Waals surface area contributed by atoms with Crippen LogP contribution >= 0.6 is 11.3 Å². The molecule has 0 bridgehead atoms. The Morgan fingerprint density at radius 2 is 1.76 bits per heavy atom. The summed E-state index contributed by atoms with van der Waals surface area (Å²) in [5.41, 5.74) is 1.58. The van der Waals surface area contributed by atoms with Crippen LogP contribution in [-0.4, -0.2) is 12.5 Å². The second-order valence-corrected chi connectivity index (χ2v) is 6.59. The monoisotopic (exact) mass is 354 g/mol. The highest BCUT2D eigenvalue weighted by molar-refractivity contribution is 7.10. The van der Waals surface area contributed by atoms with E-state index in [2.05, 4.69) is 10.6 Å². The smallest absolute Gasteiger partial charge is 0.234 e. The normalized spacial score (nSPS) is 11.9. The van der Waals surface area contributed by atoms with Gasteiger partial charge in [-0.1, -0.05) is 54.6 Å². The molecule has 0 saturated heterocycles. The first-order valence-electron chi connectivity index (χ1n) is 8.06. The molecule has 1 aromatic heterocycles. The lowest BCUT2D eigenvalue weighted by molar-refractivity contribution is -0.120. The molecule has 2 N–H and O–H groups in total. The Kier molecular flexibility index (Phi) is 5.93. The molecule has 128 valence electrons. The van der Waals surface area contributed by atoms with Gasteiger partial charge in [0.15, 0.2) is 0 Å². The Bertz CT molecular complexity index is 806. The van der Waals surface area contributed by atoms with Gasteiger partial charge in [-0.3, -0.25) is 10.1 Å². The topological polar surface area (TPSA) is 41.1 Å². The molecule has 0 spiro atoms. The molecule has 1 atom stereocenters. The molecule has 2 aromatic carbocycles. The van der Waals surface area contributed by atoms with Gasteiger partial charge in [-0.15, -0.1) is 11.3 Å². The highest BCUT2D eigenvalue weighted by Gasteiger charge is 2.15. The highest BCUT2D eigenvalue weighted by Crippen LogP contribution is 2.25. The minimum atomic E-state index is -0.309. The van der Waals surface area contributed by atoms with E-state index < -0.39 is 0 Å². The quantitative estimate of drug-likeness (QED) is 0.676. The van der Waals surface area contributed by atoms with Crippen molar-refractivity contribution in [1.82, 2.24) is 10.6 Å². The lowest BCUT2D eigenvalue weighted by Gasteiger charge is -2.18. The largest absolute Gasteiger partial charge is 0.351 e. The van der Waals surface area contributed by atoms with Crippen LogP contribution in [0.15, 0.2) is 72.1 Å². The zero-order valence-corrected chi connectivity index (χ0v) is 14.4. The minimum Gasteiger partial charge on any atom is -0.351 e. The molecule has 1 amide bonds. The van der Waals surface area contributed by atoms with E-state index in [-0.39, 0.29) is 30.9 Å². The number of carbonyl (C=O) groups excluding carboxylic acids is 1. The lowest BCUT2D eigenvalue weighted by Crippen LogP contribution is -2.35. The zero-order chi connectivity index (χ0) is 17.5. The maximum atomic E-state index is 13.6. The van der Waals surface area contributed by atoms with E-state index in [1.165, 1.54) is 6.07 Å². The Labute approximate surface area is 150 Å². The Morgan fingerprint density at radius 1 is 1.00 bits per heavy atom. The maximum Gasteiger partial charge on any atom is 0.234 e. The number of nitrogens with one attached hydrogen (secondary N) is 2. The van der Waals surface area contributed by atoms with E-state index in [0.29, 0.717) is 5.56 Å². The van der Waals surface area contributed by atoms with Crippen LogP contribution in [0.1, 0.15) is 22.0 Å². The molecule has 0 fully saturated rings. The summed E-state index contributed by atoms with van der Waals surface area (Å²) in [6.07, 6.45) is 0. The minimum absolute atomic E-state index is 0.0413. The van der Waals surface area contributed by atoms with Gasteiger partial charge in [0.1, 0.15) is 5.82 Å². The average Bonchev–Trinajstić information content (AvgIpc) is 3.16. The molecular weight excluding hydrogens is 335 g/mol. The molecule has 0 aliphatic rings. The first kappa shape index (κ1) is 17.3. The first-order valence-corrected chi connectivity index (χ1v) is 8.94. The van der Waals surface area contributed by atoms with Crippen molar-refractivity contribution in [3.8, 4) is 0 Å². The molecule has 0 saturated carbocycles. The van der Waals surface area contributed by atoms with Gasteiger partial charge in [0.05, 0.1) is 12.6 Å². The zero-order valence-electron chi connectivity index (χ0n) is 13.6. The Morgan fingerprint density at radius 3 is 2.48 bits per heavy atom. The Balaban J connectivity index is 1.60. The molecule has 0 unspecified atom stereocenters. The van der Waals surface area contributed by atoms with E-state index in [9.17, 15) is 9.18 Å². The van der Waals surface area contributed by atoms with E-state index in [4.69, 9.17) is 0 Å². The van der Waals surface area contributed by atoms with Crippen molar-refractivity contribution in [1.29, 1.82) is 0 Å². The second-order valence-electron chi connectivity index (χ2n) is 5.61. The molecule has 3 aromatic rings. The van der Waals surface area contributed by atoms with E-state index >= 15 is 0 Å². The van der Waals surface area contributed by atoms with Crippen LogP contribution in [-0.2, 0) is 11.3 Å². The van der Waals surface area contributed by atoms with Gasteiger partial charge >= 0.3 is 0 Å². The number of halogens is 1. The maximum absolute atomic E-state index is 13.6. The second kappa shape index (κ2) is 8.55. The van der Waals surface area contributed by atoms with Crippen LogP contribution in [0, 0.1) is 5.82 Å². The summed E-state index contributed by atoms with van der Waals surface area (Å²) in [6.45, 7) is 0.341. The predicted octanol–water partition coefficient (Wildman–Crippen LogP) is 3.88. The average molecular weight is 354 g/mol. The lowest BCUT2D eigenvalue weighted by atomic mass is 10.1. The number of carbonyl (C=O) groups is 1. The van der Waals surface area contributed by atoms with Crippen LogP contribution in [0.25, 0.3) is 0 Å². The van der Waals surface area contributed by atoms with Crippen molar-refractivity contribution in [3.63, 3.8) is 0 Å². The van der Waals surface area contributed by atoms with E-state index in [1.807, 2.05) is 47.8 Å². The number of amides is 1. The van der Waals surface area contributed by atoms with Crippen LogP contribution in [0.4, 0.5) is 4.39 Å². The highest BCUT2D eigenvalue weighted by atomic mass is 32.1. The van der Waals surface area contributed by atoms with Crippen LogP contribution < -0.4 is 10.6 Å². The van der Waals surface area contributed by atoms with Crippen molar-refractivity contribution in [2.75, 3.05) is 6.54 Å². The fourth-order valence-electron chi connectivity index (χ4n) is 2.58.